The molecule has 0 aromatic rings. The van der Waals surface area contributed by atoms with Gasteiger partial charge in [-0.2, -0.15) is 0 Å². The Labute approximate surface area is 177 Å². The van der Waals surface area contributed by atoms with E-state index in [9.17, 15) is 9.59 Å². The van der Waals surface area contributed by atoms with E-state index in [1.165, 1.54) is 58.0 Å². The van der Waals surface area contributed by atoms with E-state index >= 15 is 0 Å². The van der Waals surface area contributed by atoms with Gasteiger partial charge in [0.05, 0.1) is 0 Å². The zero-order chi connectivity index (χ0) is 20.2. The van der Waals surface area contributed by atoms with Crippen LogP contribution in [0.4, 0.5) is 0 Å². The Balaban J connectivity index is 1.27. The van der Waals surface area contributed by atoms with Crippen LogP contribution in [0.3, 0.4) is 0 Å². The van der Waals surface area contributed by atoms with Crippen LogP contribution >= 0.6 is 0 Å². The van der Waals surface area contributed by atoms with Crippen molar-refractivity contribution in [3.63, 3.8) is 0 Å². The molecule has 0 bridgehead atoms. The second-order valence-electron chi connectivity index (χ2n) is 11.9. The minimum Gasteiger partial charge on any atom is -0.317 e. The number of piperidine rings is 1. The maximum Gasteiger partial charge on any atom is 0.139 e. The van der Waals surface area contributed by atoms with Gasteiger partial charge >= 0.3 is 0 Å². The average molecular weight is 400 g/mol. The van der Waals surface area contributed by atoms with Gasteiger partial charge in [0, 0.05) is 24.2 Å². The van der Waals surface area contributed by atoms with Crippen LogP contribution in [0.5, 0.6) is 0 Å². The normalized spacial score (nSPS) is 48.1. The van der Waals surface area contributed by atoms with Gasteiger partial charge in [-0.05, 0) is 99.5 Å². The molecule has 1 aliphatic heterocycles. The van der Waals surface area contributed by atoms with Gasteiger partial charge in [-0.15, -0.1) is 0 Å². The van der Waals surface area contributed by atoms with Gasteiger partial charge in [0.1, 0.15) is 11.6 Å². The summed E-state index contributed by atoms with van der Waals surface area (Å²) in [5.41, 5.74) is 0.156. The summed E-state index contributed by atoms with van der Waals surface area (Å²) in [4.78, 5) is 26.0. The Hall–Kier alpha value is -0.700. The lowest BCUT2D eigenvalue weighted by Gasteiger charge is -2.59. The van der Waals surface area contributed by atoms with E-state index < -0.39 is 0 Å². The smallest absolute Gasteiger partial charge is 0.139 e. The van der Waals surface area contributed by atoms with Crippen molar-refractivity contribution in [1.29, 1.82) is 0 Å². The van der Waals surface area contributed by atoms with Crippen LogP contribution in [0.1, 0.15) is 90.9 Å². The molecule has 4 saturated carbocycles. The molecule has 7 atom stereocenters. The first kappa shape index (κ1) is 20.2. The molecule has 5 fully saturated rings. The number of fused-ring (bicyclic) bond motifs is 5. The van der Waals surface area contributed by atoms with Crippen molar-refractivity contribution < 1.29 is 9.59 Å². The van der Waals surface area contributed by atoms with Gasteiger partial charge in [-0.3, -0.25) is 9.59 Å². The Bertz CT molecular complexity index is 668. The van der Waals surface area contributed by atoms with Crippen molar-refractivity contribution in [3.8, 4) is 0 Å². The third-order valence-corrected chi connectivity index (χ3v) is 10.7. The lowest BCUT2D eigenvalue weighted by Crippen LogP contribution is -2.56. The van der Waals surface area contributed by atoms with E-state index in [4.69, 9.17) is 0 Å². The Kier molecular flexibility index (Phi) is 5.20. The summed E-state index contributed by atoms with van der Waals surface area (Å²) in [7, 11) is 0. The Morgan fingerprint density at radius 1 is 0.897 bits per heavy atom. The van der Waals surface area contributed by atoms with E-state index in [1.54, 1.807) is 0 Å². The van der Waals surface area contributed by atoms with Crippen molar-refractivity contribution in [2.75, 3.05) is 13.1 Å². The maximum absolute atomic E-state index is 13.4. The lowest BCUT2D eigenvalue weighted by atomic mass is 9.44. The molecule has 0 amide bonds. The number of hydrogen-bond acceptors (Lipinski definition) is 3. The molecule has 4 aliphatic carbocycles. The second kappa shape index (κ2) is 7.46. The molecule has 1 N–H and O–H groups in total. The SMILES string of the molecule is C[C@]12CC[C@H](CCC3CCNCC3)CC1CC(=O)C1C2CC[C@]2(C)C(=O)CCC12. The van der Waals surface area contributed by atoms with Crippen LogP contribution < -0.4 is 5.32 Å². The molecule has 29 heavy (non-hydrogen) atoms. The maximum atomic E-state index is 13.4. The number of carbonyl (C=O) groups is 2. The number of ketones is 2. The van der Waals surface area contributed by atoms with Crippen molar-refractivity contribution in [2.24, 2.45) is 46.3 Å². The average Bonchev–Trinajstić information content (AvgIpc) is 3.03. The first-order valence-corrected chi connectivity index (χ1v) is 12.7. The quantitative estimate of drug-likeness (QED) is 0.712. The summed E-state index contributed by atoms with van der Waals surface area (Å²) in [6.45, 7) is 7.12. The van der Waals surface area contributed by atoms with Crippen molar-refractivity contribution >= 4 is 11.6 Å². The van der Waals surface area contributed by atoms with Crippen LogP contribution in [-0.2, 0) is 9.59 Å². The molecule has 162 valence electrons. The van der Waals surface area contributed by atoms with Gasteiger partial charge in [0.15, 0.2) is 0 Å². The predicted molar refractivity (Wildman–Crippen MR) is 115 cm³/mol. The van der Waals surface area contributed by atoms with E-state index in [0.717, 1.165) is 43.9 Å². The minimum absolute atomic E-state index is 0.188. The van der Waals surface area contributed by atoms with E-state index in [1.807, 2.05) is 0 Å². The summed E-state index contributed by atoms with van der Waals surface area (Å²) < 4.78 is 0. The van der Waals surface area contributed by atoms with Gasteiger partial charge in [0.2, 0.25) is 0 Å². The first-order valence-electron chi connectivity index (χ1n) is 12.7. The molecule has 1 saturated heterocycles. The molecule has 4 unspecified atom stereocenters. The van der Waals surface area contributed by atoms with Crippen LogP contribution in [0, 0.1) is 46.3 Å². The largest absolute Gasteiger partial charge is 0.317 e. The molecular formula is C26H41NO2. The number of carbonyl (C=O) groups excluding carboxylic acids is 2. The molecule has 0 aromatic carbocycles. The van der Waals surface area contributed by atoms with Crippen molar-refractivity contribution in [2.45, 2.75) is 90.9 Å². The summed E-state index contributed by atoms with van der Waals surface area (Å²) in [5.74, 6) is 4.42. The Morgan fingerprint density at radius 2 is 1.66 bits per heavy atom. The monoisotopic (exact) mass is 399 g/mol. The number of Topliss-reactive ketones (excluding diaryl/α,β-unsaturated/α-hetero) is 2. The zero-order valence-corrected chi connectivity index (χ0v) is 18.7. The van der Waals surface area contributed by atoms with Crippen molar-refractivity contribution in [3.05, 3.63) is 0 Å². The standard InChI is InChI=1S/C26H41NO2/c1-25-11-7-18(4-3-17-9-13-27-14-10-17)15-19(25)16-22(28)24-20-5-6-23(29)26(20,2)12-8-21(24)25/h17-21,24,27H,3-16H2,1-2H3/t18-,19?,20?,21?,24?,25-,26-/m0/s1. The molecule has 0 aromatic heterocycles. The summed E-state index contributed by atoms with van der Waals surface area (Å²) in [6.07, 6.45) is 14.1. The highest BCUT2D eigenvalue weighted by Gasteiger charge is 2.62. The van der Waals surface area contributed by atoms with E-state index in [2.05, 4.69) is 19.2 Å². The first-order chi connectivity index (χ1) is 13.9. The molecule has 3 nitrogen and oxygen atoms in total. The van der Waals surface area contributed by atoms with Gasteiger partial charge in [0.25, 0.3) is 0 Å². The Morgan fingerprint density at radius 3 is 2.45 bits per heavy atom. The molecule has 0 spiro atoms. The topological polar surface area (TPSA) is 46.2 Å². The van der Waals surface area contributed by atoms with E-state index in [-0.39, 0.29) is 11.3 Å². The highest BCUT2D eigenvalue weighted by Crippen LogP contribution is 2.65. The molecule has 0 radical (unpaired) electrons. The number of rotatable bonds is 3. The lowest BCUT2D eigenvalue weighted by molar-refractivity contribution is -0.158. The minimum atomic E-state index is -0.188. The summed E-state index contributed by atoms with van der Waals surface area (Å²) in [6, 6.07) is 0. The molecule has 5 aliphatic rings. The third kappa shape index (κ3) is 3.25. The summed E-state index contributed by atoms with van der Waals surface area (Å²) in [5, 5.41) is 3.49. The highest BCUT2D eigenvalue weighted by atomic mass is 16.1. The molecule has 5 rings (SSSR count). The third-order valence-electron chi connectivity index (χ3n) is 10.7. The fourth-order valence-corrected chi connectivity index (χ4v) is 8.70. The van der Waals surface area contributed by atoms with Crippen molar-refractivity contribution in [1.82, 2.24) is 5.32 Å². The zero-order valence-electron chi connectivity index (χ0n) is 18.7. The number of hydrogen-bond donors (Lipinski definition) is 1. The summed E-state index contributed by atoms with van der Waals surface area (Å²) >= 11 is 0. The van der Waals surface area contributed by atoms with Crippen LogP contribution in [0.2, 0.25) is 0 Å². The van der Waals surface area contributed by atoms with Crippen LogP contribution in [0.25, 0.3) is 0 Å². The predicted octanol–water partition coefficient (Wildman–Crippen LogP) is 5.17. The highest BCUT2D eigenvalue weighted by molar-refractivity contribution is 5.90. The molecule has 1 heterocycles. The molecule has 3 heteroatoms. The molecular weight excluding hydrogens is 358 g/mol. The van der Waals surface area contributed by atoms with E-state index in [0.29, 0.717) is 34.7 Å². The second-order valence-corrected chi connectivity index (χ2v) is 11.9. The van der Waals surface area contributed by atoms with Gasteiger partial charge < -0.3 is 5.32 Å². The number of nitrogens with one attached hydrogen (secondary N) is 1. The fourth-order valence-electron chi connectivity index (χ4n) is 8.70. The van der Waals surface area contributed by atoms with Crippen LogP contribution in [-0.4, -0.2) is 24.7 Å². The fraction of sp³-hybridized carbons (Fsp3) is 0.923. The van der Waals surface area contributed by atoms with Gasteiger partial charge in [-0.1, -0.05) is 26.7 Å². The van der Waals surface area contributed by atoms with Gasteiger partial charge in [-0.25, -0.2) is 0 Å². The van der Waals surface area contributed by atoms with Crippen LogP contribution in [0.15, 0.2) is 0 Å².